The van der Waals surface area contributed by atoms with Crippen molar-refractivity contribution in [3.8, 4) is 28.5 Å². The van der Waals surface area contributed by atoms with E-state index >= 15 is 0 Å². The van der Waals surface area contributed by atoms with Gasteiger partial charge in [-0.2, -0.15) is 0 Å². The van der Waals surface area contributed by atoms with Gasteiger partial charge in [-0.05, 0) is 0 Å². The summed E-state index contributed by atoms with van der Waals surface area (Å²) in [4.78, 5) is 0. The predicted molar refractivity (Wildman–Crippen MR) is 64.0 cm³/mol. The van der Waals surface area contributed by atoms with Crippen LogP contribution in [0.4, 0.5) is 5.88 Å². The molecule has 0 unspecified atom stereocenters. The molecule has 0 saturated carbocycles. The Hall–Kier alpha value is -2.08. The Morgan fingerprint density at radius 2 is 2.06 bits per heavy atom. The molecular formula is C11H9ClN2O4. The van der Waals surface area contributed by atoms with Gasteiger partial charge >= 0.3 is 0 Å². The molecule has 18 heavy (non-hydrogen) atoms. The molecule has 0 spiro atoms. The molecule has 1 aromatic carbocycles. The molecule has 3 rings (SSSR count). The van der Waals surface area contributed by atoms with Crippen molar-refractivity contribution in [1.82, 2.24) is 5.16 Å². The van der Waals surface area contributed by atoms with Crippen molar-refractivity contribution in [2.24, 2.45) is 0 Å². The number of rotatable bonds is 1. The second-order valence-corrected chi connectivity index (χ2v) is 4.13. The van der Waals surface area contributed by atoms with E-state index in [0.717, 1.165) is 0 Å². The van der Waals surface area contributed by atoms with E-state index in [1.165, 1.54) is 12.1 Å². The molecule has 0 fully saturated rings. The third-order valence-electron chi connectivity index (χ3n) is 2.54. The lowest BCUT2D eigenvalue weighted by Crippen LogP contribution is -2.16. The van der Waals surface area contributed by atoms with Crippen LogP contribution < -0.4 is 15.2 Å². The number of hydrogen-bond donors (Lipinski definition) is 2. The van der Waals surface area contributed by atoms with E-state index in [1.807, 2.05) is 0 Å². The summed E-state index contributed by atoms with van der Waals surface area (Å²) >= 11 is 5.93. The Balaban J connectivity index is 2.26. The van der Waals surface area contributed by atoms with Crippen LogP contribution in [0.25, 0.3) is 11.3 Å². The topological polar surface area (TPSA) is 90.7 Å². The van der Waals surface area contributed by atoms with Gasteiger partial charge < -0.3 is 24.8 Å². The van der Waals surface area contributed by atoms with Gasteiger partial charge in [-0.15, -0.1) is 0 Å². The van der Waals surface area contributed by atoms with Gasteiger partial charge in [0.2, 0.25) is 5.88 Å². The highest BCUT2D eigenvalue weighted by Crippen LogP contribution is 2.48. The van der Waals surface area contributed by atoms with Crippen molar-refractivity contribution in [2.45, 2.75) is 0 Å². The van der Waals surface area contributed by atoms with Crippen LogP contribution in [0.15, 0.2) is 16.7 Å². The first-order valence-electron chi connectivity index (χ1n) is 5.20. The number of phenolic OH excluding ortho intramolecular Hbond substituents is 1. The van der Waals surface area contributed by atoms with E-state index in [9.17, 15) is 5.11 Å². The molecule has 2 aromatic rings. The number of nitrogens with two attached hydrogens (primary N) is 1. The number of aromatic nitrogens is 1. The van der Waals surface area contributed by atoms with Gasteiger partial charge in [0, 0.05) is 12.1 Å². The zero-order chi connectivity index (χ0) is 12.7. The van der Waals surface area contributed by atoms with Crippen molar-refractivity contribution < 1.29 is 19.1 Å². The number of benzene rings is 1. The molecule has 3 N–H and O–H groups in total. The largest absolute Gasteiger partial charge is 0.506 e. The summed E-state index contributed by atoms with van der Waals surface area (Å²) in [6, 6.07) is 2.97. The average Bonchev–Trinajstić information content (AvgIpc) is 2.77. The summed E-state index contributed by atoms with van der Waals surface area (Å²) in [5.41, 5.74) is 6.12. The number of ether oxygens (including phenoxy) is 2. The molecule has 6 nitrogen and oxygen atoms in total. The van der Waals surface area contributed by atoms with E-state index in [0.29, 0.717) is 36.0 Å². The maximum atomic E-state index is 10.0. The second kappa shape index (κ2) is 3.99. The second-order valence-electron chi connectivity index (χ2n) is 3.72. The van der Waals surface area contributed by atoms with Crippen LogP contribution in [0.2, 0.25) is 5.02 Å². The Bertz CT molecular complexity index is 611. The number of halogens is 1. The van der Waals surface area contributed by atoms with E-state index < -0.39 is 0 Å². The van der Waals surface area contributed by atoms with Gasteiger partial charge in [0.15, 0.2) is 11.5 Å². The Morgan fingerprint density at radius 3 is 2.78 bits per heavy atom. The highest BCUT2D eigenvalue weighted by atomic mass is 35.5. The number of nitrogens with zero attached hydrogens (tertiary/aromatic N) is 1. The van der Waals surface area contributed by atoms with Crippen LogP contribution in [-0.2, 0) is 0 Å². The maximum Gasteiger partial charge on any atom is 0.222 e. The molecule has 1 aliphatic heterocycles. The zero-order valence-corrected chi connectivity index (χ0v) is 9.90. The van der Waals surface area contributed by atoms with Gasteiger partial charge in [-0.1, -0.05) is 16.8 Å². The van der Waals surface area contributed by atoms with Crippen molar-refractivity contribution in [2.75, 3.05) is 18.9 Å². The molecule has 2 heterocycles. The molecular weight excluding hydrogens is 260 g/mol. The maximum absolute atomic E-state index is 10.0. The number of hydrogen-bond acceptors (Lipinski definition) is 6. The van der Waals surface area contributed by atoms with Crippen LogP contribution >= 0.6 is 11.6 Å². The highest BCUT2D eigenvalue weighted by Gasteiger charge is 2.25. The molecule has 94 valence electrons. The van der Waals surface area contributed by atoms with E-state index in [1.54, 1.807) is 0 Å². The third kappa shape index (κ3) is 1.62. The minimum absolute atomic E-state index is 0.134. The van der Waals surface area contributed by atoms with Crippen LogP contribution in [0.1, 0.15) is 0 Å². The normalized spacial score (nSPS) is 13.6. The molecule has 0 radical (unpaired) electrons. The molecule has 1 aliphatic rings. The lowest BCUT2D eigenvalue weighted by Gasteiger charge is -2.21. The molecule has 0 amide bonds. The first-order valence-corrected chi connectivity index (χ1v) is 5.58. The van der Waals surface area contributed by atoms with Gasteiger partial charge in [0.05, 0.1) is 10.6 Å². The summed E-state index contributed by atoms with van der Waals surface area (Å²) < 4.78 is 15.7. The summed E-state index contributed by atoms with van der Waals surface area (Å²) in [7, 11) is 0. The zero-order valence-electron chi connectivity index (χ0n) is 9.14. The third-order valence-corrected chi connectivity index (χ3v) is 2.83. The Kier molecular flexibility index (Phi) is 2.45. The molecule has 0 atom stereocenters. The summed E-state index contributed by atoms with van der Waals surface area (Å²) in [6.45, 7) is 0.808. The standard InChI is InChI=1S/C11H9ClN2O4/c12-5-3-7-11(17-2-1-16-7)9(10(5)15)6-4-8(13)18-14-6/h3-4,15H,1-2,13H2. The quantitative estimate of drug-likeness (QED) is 0.823. The lowest BCUT2D eigenvalue weighted by atomic mass is 10.1. The fourth-order valence-electron chi connectivity index (χ4n) is 1.79. The highest BCUT2D eigenvalue weighted by molar-refractivity contribution is 6.32. The number of aromatic hydroxyl groups is 1. The minimum Gasteiger partial charge on any atom is -0.506 e. The number of fused-ring (bicyclic) bond motifs is 1. The van der Waals surface area contributed by atoms with E-state index in [-0.39, 0.29) is 16.7 Å². The van der Waals surface area contributed by atoms with Gasteiger partial charge in [-0.25, -0.2) is 0 Å². The van der Waals surface area contributed by atoms with Crippen molar-refractivity contribution in [3.63, 3.8) is 0 Å². The first kappa shape index (κ1) is 11.0. The van der Waals surface area contributed by atoms with Crippen LogP contribution in [-0.4, -0.2) is 23.5 Å². The van der Waals surface area contributed by atoms with Gasteiger partial charge in [0.1, 0.15) is 24.7 Å². The fraction of sp³-hybridized carbons (Fsp3) is 0.182. The molecule has 7 heteroatoms. The summed E-state index contributed by atoms with van der Waals surface area (Å²) in [5.74, 6) is 0.834. The van der Waals surface area contributed by atoms with Crippen LogP contribution in [0.5, 0.6) is 17.2 Å². The monoisotopic (exact) mass is 268 g/mol. The van der Waals surface area contributed by atoms with E-state index in [2.05, 4.69) is 5.16 Å². The molecule has 1 aromatic heterocycles. The van der Waals surface area contributed by atoms with Gasteiger partial charge in [-0.3, -0.25) is 0 Å². The minimum atomic E-state index is -0.144. The average molecular weight is 269 g/mol. The molecule has 0 saturated heterocycles. The Morgan fingerprint density at radius 1 is 1.28 bits per heavy atom. The van der Waals surface area contributed by atoms with Crippen LogP contribution in [0, 0.1) is 0 Å². The Labute approximate surface area is 107 Å². The lowest BCUT2D eigenvalue weighted by molar-refractivity contribution is 0.171. The molecule has 0 aliphatic carbocycles. The number of nitrogen functional groups attached to an aromatic ring is 1. The fourth-order valence-corrected chi connectivity index (χ4v) is 1.98. The van der Waals surface area contributed by atoms with E-state index in [4.69, 9.17) is 31.3 Å². The molecule has 0 bridgehead atoms. The van der Waals surface area contributed by atoms with Crippen LogP contribution in [0.3, 0.4) is 0 Å². The SMILES string of the molecule is Nc1cc(-c2c(O)c(Cl)cc3c2OCCO3)no1. The van der Waals surface area contributed by atoms with Gasteiger partial charge in [0.25, 0.3) is 0 Å². The smallest absolute Gasteiger partial charge is 0.222 e. The predicted octanol–water partition coefficient (Wildman–Crippen LogP) is 2.05. The van der Waals surface area contributed by atoms with Crippen molar-refractivity contribution in [3.05, 3.63) is 17.2 Å². The summed E-state index contributed by atoms with van der Waals surface area (Å²) in [5, 5.41) is 13.9. The van der Waals surface area contributed by atoms with Crippen molar-refractivity contribution >= 4 is 17.5 Å². The number of phenols is 1. The van der Waals surface area contributed by atoms with Crippen molar-refractivity contribution in [1.29, 1.82) is 0 Å². The summed E-state index contributed by atoms with van der Waals surface area (Å²) in [6.07, 6.45) is 0. The number of anilines is 1. The first-order chi connectivity index (χ1) is 8.66.